The maximum atomic E-state index is 5.63. The largest absolute Gasteiger partial charge is 0.326 e. The van der Waals surface area contributed by atoms with Gasteiger partial charge in [0.1, 0.15) is 0 Å². The van der Waals surface area contributed by atoms with Gasteiger partial charge in [0, 0.05) is 12.3 Å². The third-order valence-electron chi connectivity index (χ3n) is 2.94. The van der Waals surface area contributed by atoms with Gasteiger partial charge in [-0.15, -0.1) is 0 Å². The zero-order valence-electron chi connectivity index (χ0n) is 7.84. The Labute approximate surface area is 81.1 Å². The molecule has 2 N–H and O–H groups in total. The predicted molar refractivity (Wildman–Crippen MR) is 56.5 cm³/mol. The molecule has 0 aromatic heterocycles. The van der Waals surface area contributed by atoms with Crippen LogP contribution >= 0.6 is 12.6 Å². The van der Waals surface area contributed by atoms with Crippen LogP contribution < -0.4 is 5.73 Å². The minimum Gasteiger partial charge on any atom is -0.326 e. The molecular formula is C9H21N2S+. The summed E-state index contributed by atoms with van der Waals surface area (Å²) < 4.78 is 1.24. The van der Waals surface area contributed by atoms with Crippen LogP contribution in [0.4, 0.5) is 0 Å². The molecule has 1 heterocycles. The second-order valence-electron chi connectivity index (χ2n) is 3.81. The average Bonchev–Trinajstić information content (AvgIpc) is 2.07. The molecular weight excluding hydrogens is 168 g/mol. The molecule has 2 nitrogen and oxygen atoms in total. The molecule has 0 radical (unpaired) electrons. The molecule has 0 aromatic rings. The van der Waals surface area contributed by atoms with Gasteiger partial charge in [-0.2, -0.15) is 12.6 Å². The molecule has 0 aromatic carbocycles. The average molecular weight is 189 g/mol. The molecule has 0 bridgehead atoms. The van der Waals surface area contributed by atoms with Gasteiger partial charge in [0.15, 0.2) is 0 Å². The highest BCUT2D eigenvalue weighted by Crippen LogP contribution is 2.18. The van der Waals surface area contributed by atoms with Crippen LogP contribution in [0.1, 0.15) is 19.3 Å². The summed E-state index contributed by atoms with van der Waals surface area (Å²) in [5.74, 6) is 1.00. The maximum Gasteiger partial charge on any atom is 0.0911 e. The van der Waals surface area contributed by atoms with Crippen LogP contribution in [0.15, 0.2) is 0 Å². The lowest BCUT2D eigenvalue weighted by Crippen LogP contribution is -2.54. The Hall–Kier alpha value is 0.270. The van der Waals surface area contributed by atoms with E-state index < -0.39 is 0 Å². The van der Waals surface area contributed by atoms with Crippen molar-refractivity contribution in [2.24, 2.45) is 5.73 Å². The molecule has 0 amide bonds. The molecule has 0 atom stereocenters. The molecule has 0 saturated carbocycles. The molecule has 1 saturated heterocycles. The first-order valence-electron chi connectivity index (χ1n) is 4.99. The summed E-state index contributed by atoms with van der Waals surface area (Å²) in [4.78, 5) is 0. The molecule has 1 aliphatic heterocycles. The second-order valence-corrected chi connectivity index (χ2v) is 4.26. The van der Waals surface area contributed by atoms with Crippen LogP contribution in [0.3, 0.4) is 0 Å². The van der Waals surface area contributed by atoms with Crippen molar-refractivity contribution in [3.05, 3.63) is 0 Å². The minimum absolute atomic E-state index is 0.827. The van der Waals surface area contributed by atoms with E-state index in [0.29, 0.717) is 0 Å². The van der Waals surface area contributed by atoms with Crippen LogP contribution in [-0.2, 0) is 0 Å². The standard InChI is InChI=1S/C9H20N2S/c10-4-7-11(8-9-12)5-2-1-3-6-11/h1-10H2/p+1. The first-order valence-corrected chi connectivity index (χ1v) is 5.62. The Morgan fingerprint density at radius 3 is 2.25 bits per heavy atom. The summed E-state index contributed by atoms with van der Waals surface area (Å²) in [6, 6.07) is 0. The van der Waals surface area contributed by atoms with E-state index in [1.807, 2.05) is 0 Å². The van der Waals surface area contributed by atoms with E-state index in [2.05, 4.69) is 12.6 Å². The van der Waals surface area contributed by atoms with Crippen LogP contribution in [-0.4, -0.2) is 43.0 Å². The van der Waals surface area contributed by atoms with Crippen molar-refractivity contribution in [1.82, 2.24) is 0 Å². The molecule has 1 rings (SSSR count). The number of hydrogen-bond acceptors (Lipinski definition) is 2. The predicted octanol–water partition coefficient (Wildman–Crippen LogP) is 0.876. The van der Waals surface area contributed by atoms with Crippen LogP contribution in [0.5, 0.6) is 0 Å². The molecule has 0 unspecified atom stereocenters. The lowest BCUT2D eigenvalue weighted by molar-refractivity contribution is -0.928. The first kappa shape index (κ1) is 10.4. The summed E-state index contributed by atoms with van der Waals surface area (Å²) in [6.07, 6.45) is 4.18. The Morgan fingerprint density at radius 2 is 1.75 bits per heavy atom. The molecule has 3 heteroatoms. The zero-order chi connectivity index (χ0) is 8.86. The van der Waals surface area contributed by atoms with E-state index in [9.17, 15) is 0 Å². The number of quaternary nitrogens is 1. The first-order chi connectivity index (χ1) is 5.83. The van der Waals surface area contributed by atoms with Crippen molar-refractivity contribution in [1.29, 1.82) is 0 Å². The van der Waals surface area contributed by atoms with Gasteiger partial charge in [-0.1, -0.05) is 0 Å². The van der Waals surface area contributed by atoms with Gasteiger partial charge in [-0.3, -0.25) is 0 Å². The van der Waals surface area contributed by atoms with Crippen molar-refractivity contribution in [2.75, 3.05) is 38.5 Å². The fraction of sp³-hybridized carbons (Fsp3) is 1.00. The molecule has 1 aliphatic rings. The summed E-state index contributed by atoms with van der Waals surface area (Å²) in [7, 11) is 0. The summed E-state index contributed by atoms with van der Waals surface area (Å²) in [5, 5.41) is 0. The number of likely N-dealkylation sites (tertiary alicyclic amines) is 1. The molecule has 1 fully saturated rings. The highest BCUT2D eigenvalue weighted by molar-refractivity contribution is 7.80. The normalized spacial score (nSPS) is 22.5. The van der Waals surface area contributed by atoms with E-state index >= 15 is 0 Å². The van der Waals surface area contributed by atoms with E-state index in [4.69, 9.17) is 5.73 Å². The lowest BCUT2D eigenvalue weighted by atomic mass is 10.1. The third-order valence-corrected chi connectivity index (χ3v) is 3.14. The number of nitrogens with zero attached hydrogens (tertiary/aromatic N) is 1. The lowest BCUT2D eigenvalue weighted by Gasteiger charge is -2.41. The monoisotopic (exact) mass is 189 g/mol. The number of nitrogens with two attached hydrogens (primary N) is 1. The Balaban J connectivity index is 2.44. The Morgan fingerprint density at radius 1 is 1.08 bits per heavy atom. The van der Waals surface area contributed by atoms with Crippen molar-refractivity contribution >= 4 is 12.6 Å². The number of piperidine rings is 1. The van der Waals surface area contributed by atoms with Gasteiger partial charge >= 0.3 is 0 Å². The highest BCUT2D eigenvalue weighted by Gasteiger charge is 2.27. The molecule has 0 aliphatic carbocycles. The van der Waals surface area contributed by atoms with Crippen molar-refractivity contribution in [3.63, 3.8) is 0 Å². The third kappa shape index (κ3) is 2.64. The SMILES string of the molecule is NCC[N+]1(CCS)CCCCC1. The van der Waals surface area contributed by atoms with Crippen LogP contribution in [0.2, 0.25) is 0 Å². The fourth-order valence-corrected chi connectivity index (χ4v) is 2.65. The number of hydrogen-bond donors (Lipinski definition) is 2. The van der Waals surface area contributed by atoms with Gasteiger partial charge < -0.3 is 10.2 Å². The zero-order valence-corrected chi connectivity index (χ0v) is 8.73. The van der Waals surface area contributed by atoms with Gasteiger partial charge in [0.2, 0.25) is 0 Å². The minimum atomic E-state index is 0.827. The fourth-order valence-electron chi connectivity index (χ4n) is 2.23. The second kappa shape index (κ2) is 5.10. The van der Waals surface area contributed by atoms with Crippen molar-refractivity contribution in [3.8, 4) is 0 Å². The number of thiol groups is 1. The van der Waals surface area contributed by atoms with Crippen molar-refractivity contribution in [2.45, 2.75) is 19.3 Å². The van der Waals surface area contributed by atoms with Gasteiger partial charge in [0.05, 0.1) is 26.2 Å². The van der Waals surface area contributed by atoms with E-state index in [0.717, 1.165) is 18.8 Å². The van der Waals surface area contributed by atoms with Crippen LogP contribution in [0, 0.1) is 0 Å². The van der Waals surface area contributed by atoms with Crippen LogP contribution in [0.25, 0.3) is 0 Å². The Bertz CT molecular complexity index is 106. The van der Waals surface area contributed by atoms with E-state index in [1.165, 1.54) is 43.4 Å². The molecule has 72 valence electrons. The quantitative estimate of drug-likeness (QED) is 0.498. The van der Waals surface area contributed by atoms with E-state index in [-0.39, 0.29) is 0 Å². The topological polar surface area (TPSA) is 26.0 Å². The van der Waals surface area contributed by atoms with Crippen molar-refractivity contribution < 1.29 is 4.48 Å². The smallest absolute Gasteiger partial charge is 0.0911 e. The number of rotatable bonds is 4. The highest BCUT2D eigenvalue weighted by atomic mass is 32.1. The summed E-state index contributed by atoms with van der Waals surface area (Å²) in [6.45, 7) is 5.85. The van der Waals surface area contributed by atoms with Gasteiger partial charge in [-0.05, 0) is 19.3 Å². The summed E-state index contributed by atoms with van der Waals surface area (Å²) >= 11 is 4.32. The summed E-state index contributed by atoms with van der Waals surface area (Å²) in [5.41, 5.74) is 5.63. The molecule has 0 spiro atoms. The maximum absolute atomic E-state index is 5.63. The van der Waals surface area contributed by atoms with Gasteiger partial charge in [0.25, 0.3) is 0 Å². The molecule has 12 heavy (non-hydrogen) atoms. The Kier molecular flexibility index (Phi) is 4.40. The van der Waals surface area contributed by atoms with Gasteiger partial charge in [-0.25, -0.2) is 0 Å². The van der Waals surface area contributed by atoms with E-state index in [1.54, 1.807) is 0 Å².